The molecule has 0 spiro atoms. The largest absolute Gasteiger partial charge is 0.478 e. The Hall–Kier alpha value is -3.42. The molecule has 28 heavy (non-hydrogen) atoms. The molecule has 1 aliphatic rings. The summed E-state index contributed by atoms with van der Waals surface area (Å²) in [6, 6.07) is 7.57. The maximum Gasteiger partial charge on any atom is 0.335 e. The quantitative estimate of drug-likeness (QED) is 0.694. The van der Waals surface area contributed by atoms with Gasteiger partial charge in [-0.05, 0) is 43.0 Å². The van der Waals surface area contributed by atoms with E-state index in [1.807, 2.05) is 0 Å². The maximum atomic E-state index is 12.7. The number of carboxylic acid groups (broad SMARTS) is 1. The van der Waals surface area contributed by atoms with Gasteiger partial charge >= 0.3 is 5.97 Å². The van der Waals surface area contributed by atoms with Crippen molar-refractivity contribution in [3.8, 4) is 0 Å². The number of hydrogen-bond donors (Lipinski definition) is 3. The lowest BCUT2D eigenvalue weighted by Crippen LogP contribution is -2.40. The van der Waals surface area contributed by atoms with Crippen LogP contribution in [-0.2, 0) is 6.54 Å². The molecule has 3 rings (SSSR count). The number of nitrogens with one attached hydrogen (secondary N) is 2. The summed E-state index contributed by atoms with van der Waals surface area (Å²) < 4.78 is 1.25. The van der Waals surface area contributed by atoms with Crippen LogP contribution in [0.4, 0.5) is 0 Å². The second-order valence-corrected chi connectivity index (χ2v) is 6.76. The zero-order valence-corrected chi connectivity index (χ0v) is 15.4. The molecule has 8 nitrogen and oxygen atoms in total. The number of carbonyl (C=O) groups is 3. The lowest BCUT2D eigenvalue weighted by Gasteiger charge is -2.26. The van der Waals surface area contributed by atoms with Crippen molar-refractivity contribution < 1.29 is 19.5 Å². The molecule has 2 amide bonds. The van der Waals surface area contributed by atoms with E-state index in [0.717, 1.165) is 19.3 Å². The lowest BCUT2D eigenvalue weighted by atomic mass is 9.93. The molecule has 1 aromatic heterocycles. The first kappa shape index (κ1) is 19.3. The normalized spacial score (nSPS) is 13.5. The number of nitrogens with zero attached hydrogens (tertiary/aromatic N) is 1. The number of carbonyl (C=O) groups excluding carboxylic acids is 2. The average molecular weight is 383 g/mol. The summed E-state index contributed by atoms with van der Waals surface area (Å²) in [5.41, 5.74) is 0.176. The Kier molecular flexibility index (Phi) is 5.58. The van der Waals surface area contributed by atoms with Gasteiger partial charge in [0.1, 0.15) is 5.56 Å². The molecule has 3 N–H and O–H groups in total. The predicted molar refractivity (Wildman–Crippen MR) is 102 cm³/mol. The van der Waals surface area contributed by atoms with Gasteiger partial charge in [-0.1, -0.05) is 12.1 Å². The second-order valence-electron chi connectivity index (χ2n) is 6.76. The molecule has 0 bridgehead atoms. The molecule has 8 heteroatoms. The van der Waals surface area contributed by atoms with Gasteiger partial charge in [-0.15, -0.1) is 0 Å². The molecule has 1 aliphatic carbocycles. The maximum absolute atomic E-state index is 12.7. The van der Waals surface area contributed by atoms with Crippen LogP contribution in [-0.4, -0.2) is 40.5 Å². The first-order valence-electron chi connectivity index (χ1n) is 8.98. The number of carboxylic acids is 1. The molecule has 0 radical (unpaired) electrons. The topological polar surface area (TPSA) is 118 Å². The molecular weight excluding hydrogens is 362 g/mol. The highest BCUT2D eigenvalue weighted by Crippen LogP contribution is 2.18. The summed E-state index contributed by atoms with van der Waals surface area (Å²) in [4.78, 5) is 48.5. The standard InChI is InChI=1S/C20H21N3O5/c1-21-18(25)16-9-14(17(24)22-15-6-3-7-15)11-23(19(16)26)10-12-4-2-5-13(8-12)20(27)28/h2,4-5,8-9,11,15H,3,6-7,10H2,1H3,(H,21,25)(H,22,24)(H,27,28). The Morgan fingerprint density at radius 3 is 2.50 bits per heavy atom. The van der Waals surface area contributed by atoms with Crippen molar-refractivity contribution >= 4 is 17.8 Å². The summed E-state index contributed by atoms with van der Waals surface area (Å²) in [5.74, 6) is -2.01. The Balaban J connectivity index is 1.98. The van der Waals surface area contributed by atoms with Crippen LogP contribution in [0.2, 0.25) is 0 Å². The Labute approximate surface area is 161 Å². The smallest absolute Gasteiger partial charge is 0.335 e. The zero-order valence-electron chi connectivity index (χ0n) is 15.4. The average Bonchev–Trinajstić information content (AvgIpc) is 2.65. The van der Waals surface area contributed by atoms with Crippen LogP contribution in [0.15, 0.2) is 41.3 Å². The molecule has 1 aromatic carbocycles. The van der Waals surface area contributed by atoms with Gasteiger partial charge in [-0.3, -0.25) is 14.4 Å². The van der Waals surface area contributed by atoms with Gasteiger partial charge in [0.05, 0.1) is 17.7 Å². The summed E-state index contributed by atoms with van der Waals surface area (Å²) in [5, 5.41) is 14.4. The molecule has 2 aromatic rings. The molecule has 1 saturated carbocycles. The van der Waals surface area contributed by atoms with Crippen molar-refractivity contribution in [1.82, 2.24) is 15.2 Å². The number of amides is 2. The molecule has 1 heterocycles. The summed E-state index contributed by atoms with van der Waals surface area (Å²) in [6.45, 7) is 0.0362. The third kappa shape index (κ3) is 4.11. The van der Waals surface area contributed by atoms with Crippen LogP contribution in [0, 0.1) is 0 Å². The Bertz CT molecular complexity index is 992. The molecule has 0 atom stereocenters. The van der Waals surface area contributed by atoms with Crippen LogP contribution in [0.25, 0.3) is 0 Å². The number of pyridine rings is 1. The predicted octanol–water partition coefficient (Wildman–Crippen LogP) is 1.24. The fraction of sp³-hybridized carbons (Fsp3) is 0.300. The van der Waals surface area contributed by atoms with Crippen molar-refractivity contribution in [1.29, 1.82) is 0 Å². The van der Waals surface area contributed by atoms with Crippen LogP contribution in [0.1, 0.15) is 55.9 Å². The highest BCUT2D eigenvalue weighted by atomic mass is 16.4. The number of benzene rings is 1. The van der Waals surface area contributed by atoms with E-state index >= 15 is 0 Å². The monoisotopic (exact) mass is 383 g/mol. The highest BCUT2D eigenvalue weighted by Gasteiger charge is 2.22. The van der Waals surface area contributed by atoms with Gasteiger partial charge in [0.15, 0.2) is 0 Å². The van der Waals surface area contributed by atoms with Gasteiger partial charge in [0, 0.05) is 19.3 Å². The first-order chi connectivity index (χ1) is 13.4. The van der Waals surface area contributed by atoms with E-state index in [0.29, 0.717) is 5.56 Å². The van der Waals surface area contributed by atoms with Gasteiger partial charge < -0.3 is 20.3 Å². The molecule has 146 valence electrons. The van der Waals surface area contributed by atoms with Crippen molar-refractivity contribution in [3.05, 3.63) is 69.1 Å². The van der Waals surface area contributed by atoms with Gasteiger partial charge in [0.2, 0.25) is 0 Å². The molecule has 0 unspecified atom stereocenters. The summed E-state index contributed by atoms with van der Waals surface area (Å²) in [6.07, 6.45) is 4.29. The number of aromatic carboxylic acids is 1. The Morgan fingerprint density at radius 1 is 1.14 bits per heavy atom. The first-order valence-corrected chi connectivity index (χ1v) is 8.98. The second kappa shape index (κ2) is 8.08. The van der Waals surface area contributed by atoms with E-state index < -0.39 is 17.4 Å². The van der Waals surface area contributed by atoms with Gasteiger partial charge in [-0.25, -0.2) is 4.79 Å². The van der Waals surface area contributed by atoms with Crippen LogP contribution in [0.5, 0.6) is 0 Å². The zero-order chi connectivity index (χ0) is 20.3. The number of rotatable bonds is 6. The van der Waals surface area contributed by atoms with E-state index in [2.05, 4.69) is 10.6 Å². The van der Waals surface area contributed by atoms with Crippen LogP contribution in [0.3, 0.4) is 0 Å². The molecule has 1 fully saturated rings. The number of hydrogen-bond acceptors (Lipinski definition) is 4. The minimum Gasteiger partial charge on any atom is -0.478 e. The van der Waals surface area contributed by atoms with Crippen molar-refractivity contribution in [2.45, 2.75) is 31.8 Å². The van der Waals surface area contributed by atoms with Gasteiger partial charge in [-0.2, -0.15) is 0 Å². The third-order valence-corrected chi connectivity index (χ3v) is 4.79. The van der Waals surface area contributed by atoms with E-state index in [-0.39, 0.29) is 35.2 Å². The van der Waals surface area contributed by atoms with Crippen molar-refractivity contribution in [2.24, 2.45) is 0 Å². The van der Waals surface area contributed by atoms with Crippen LogP contribution >= 0.6 is 0 Å². The van der Waals surface area contributed by atoms with E-state index in [9.17, 15) is 19.2 Å². The minimum atomic E-state index is -1.08. The SMILES string of the molecule is CNC(=O)c1cc(C(=O)NC2CCC2)cn(Cc2cccc(C(=O)O)c2)c1=O. The lowest BCUT2D eigenvalue weighted by molar-refractivity contribution is 0.0696. The Morgan fingerprint density at radius 2 is 1.89 bits per heavy atom. The summed E-state index contributed by atoms with van der Waals surface area (Å²) >= 11 is 0. The van der Waals surface area contributed by atoms with Crippen molar-refractivity contribution in [2.75, 3.05) is 7.05 Å². The van der Waals surface area contributed by atoms with Crippen molar-refractivity contribution in [3.63, 3.8) is 0 Å². The fourth-order valence-electron chi connectivity index (χ4n) is 3.00. The van der Waals surface area contributed by atoms with E-state index in [4.69, 9.17) is 5.11 Å². The minimum absolute atomic E-state index is 0.0362. The van der Waals surface area contributed by atoms with E-state index in [1.165, 1.54) is 36.0 Å². The molecular formula is C20H21N3O5. The third-order valence-electron chi connectivity index (χ3n) is 4.79. The summed E-state index contributed by atoms with van der Waals surface area (Å²) in [7, 11) is 1.41. The van der Waals surface area contributed by atoms with Crippen LogP contribution < -0.4 is 16.2 Å². The van der Waals surface area contributed by atoms with E-state index in [1.54, 1.807) is 12.1 Å². The molecule has 0 saturated heterocycles. The fourth-order valence-corrected chi connectivity index (χ4v) is 3.00. The van der Waals surface area contributed by atoms with Gasteiger partial charge in [0.25, 0.3) is 17.4 Å². The number of aromatic nitrogens is 1. The highest BCUT2D eigenvalue weighted by molar-refractivity contribution is 5.99. The molecule has 0 aliphatic heterocycles.